The summed E-state index contributed by atoms with van der Waals surface area (Å²) in [6, 6.07) is 17.4. The summed E-state index contributed by atoms with van der Waals surface area (Å²) in [4.78, 5) is 28.9. The predicted molar refractivity (Wildman–Crippen MR) is 119 cm³/mol. The van der Waals surface area contributed by atoms with E-state index < -0.39 is 4.92 Å². The Kier molecular flexibility index (Phi) is 4.45. The molecule has 0 bridgehead atoms. The van der Waals surface area contributed by atoms with Crippen LogP contribution in [0.4, 0.5) is 5.69 Å². The molecule has 2 aromatic carbocycles. The first-order valence-electron chi connectivity index (χ1n) is 9.40. The van der Waals surface area contributed by atoms with Gasteiger partial charge in [0.1, 0.15) is 5.69 Å². The number of nitro benzene ring substituents is 1. The van der Waals surface area contributed by atoms with Crippen LogP contribution in [0.25, 0.3) is 16.8 Å². The first-order valence-corrected chi connectivity index (χ1v) is 10.3. The molecule has 5 aromatic rings. The second-order valence-corrected chi connectivity index (χ2v) is 7.83. The lowest BCUT2D eigenvalue weighted by atomic mass is 10.2. The molecule has 0 aliphatic heterocycles. The summed E-state index contributed by atoms with van der Waals surface area (Å²) in [5, 5.41) is 17.3. The normalized spacial score (nSPS) is 11.6. The number of thiophene rings is 1. The molecule has 0 fully saturated rings. The molecule has 5 rings (SSSR count). The fourth-order valence-corrected chi connectivity index (χ4v) is 4.20. The first-order chi connectivity index (χ1) is 15.0. The van der Waals surface area contributed by atoms with Crippen LogP contribution in [-0.2, 0) is 0 Å². The van der Waals surface area contributed by atoms with Crippen LogP contribution >= 0.6 is 11.3 Å². The molecule has 3 aromatic heterocycles. The Hall–Kier alpha value is -4.11. The Morgan fingerprint density at radius 2 is 1.84 bits per heavy atom. The van der Waals surface area contributed by atoms with Crippen LogP contribution in [0, 0.1) is 17.0 Å². The SMILES string of the molecule is Cc1nc2n(N=Cc3ccc([N+](=O)[O-])cc3)c3ccccc3n2c1C(=O)c1cccs1. The van der Waals surface area contributed by atoms with Crippen molar-refractivity contribution in [1.29, 1.82) is 0 Å². The zero-order chi connectivity index (χ0) is 21.5. The minimum Gasteiger partial charge on any atom is -0.286 e. The maximum atomic E-state index is 13.2. The number of rotatable bonds is 5. The van der Waals surface area contributed by atoms with E-state index in [1.165, 1.54) is 23.5 Å². The van der Waals surface area contributed by atoms with Crippen molar-refractivity contribution in [3.8, 4) is 0 Å². The summed E-state index contributed by atoms with van der Waals surface area (Å²) in [5.74, 6) is 0.444. The number of fused-ring (bicyclic) bond motifs is 3. The molecule has 0 spiro atoms. The quantitative estimate of drug-likeness (QED) is 0.175. The van der Waals surface area contributed by atoms with E-state index in [-0.39, 0.29) is 11.5 Å². The summed E-state index contributed by atoms with van der Waals surface area (Å²) in [6.07, 6.45) is 1.61. The van der Waals surface area contributed by atoms with Crippen LogP contribution < -0.4 is 0 Å². The number of aromatic nitrogens is 3. The van der Waals surface area contributed by atoms with Crippen molar-refractivity contribution < 1.29 is 9.72 Å². The zero-order valence-corrected chi connectivity index (χ0v) is 17.1. The standard InChI is InChI=1S/C22H15N5O3S/c1-14-20(21(28)19-7-4-12-31-19)25-17-5-2-3-6-18(17)26(22(25)24-14)23-13-15-8-10-16(11-9-15)27(29)30/h2-13H,1H3. The van der Waals surface area contributed by atoms with Gasteiger partial charge in [0.2, 0.25) is 11.6 Å². The number of nitrogens with zero attached hydrogens (tertiary/aromatic N) is 5. The third-order valence-corrected chi connectivity index (χ3v) is 5.83. The second kappa shape index (κ2) is 7.29. The topological polar surface area (TPSA) is 94.8 Å². The Morgan fingerprint density at radius 1 is 1.10 bits per heavy atom. The smallest absolute Gasteiger partial charge is 0.269 e. The number of carbonyl (C=O) groups excluding carboxylic acids is 1. The summed E-state index contributed by atoms with van der Waals surface area (Å²) >= 11 is 1.39. The molecule has 0 atom stereocenters. The molecule has 0 amide bonds. The van der Waals surface area contributed by atoms with Crippen molar-refractivity contribution in [2.45, 2.75) is 6.92 Å². The third kappa shape index (κ3) is 3.11. The summed E-state index contributed by atoms with van der Waals surface area (Å²) < 4.78 is 3.51. The number of nitro groups is 1. The molecule has 0 saturated carbocycles. The van der Waals surface area contributed by atoms with Crippen LogP contribution in [-0.4, -0.2) is 31.0 Å². The van der Waals surface area contributed by atoms with Gasteiger partial charge in [-0.05, 0) is 48.2 Å². The lowest BCUT2D eigenvalue weighted by molar-refractivity contribution is -0.384. The average Bonchev–Trinajstić information content (AvgIpc) is 3.48. The van der Waals surface area contributed by atoms with Crippen LogP contribution in [0.5, 0.6) is 0 Å². The summed E-state index contributed by atoms with van der Waals surface area (Å²) in [7, 11) is 0. The minimum atomic E-state index is -0.441. The van der Waals surface area contributed by atoms with Crippen molar-refractivity contribution in [1.82, 2.24) is 14.1 Å². The maximum Gasteiger partial charge on any atom is 0.269 e. The number of para-hydroxylation sites is 2. The van der Waals surface area contributed by atoms with Gasteiger partial charge in [-0.15, -0.1) is 11.3 Å². The highest BCUT2D eigenvalue weighted by atomic mass is 32.1. The van der Waals surface area contributed by atoms with E-state index in [2.05, 4.69) is 10.1 Å². The number of benzene rings is 2. The molecule has 0 saturated heterocycles. The molecule has 0 unspecified atom stereocenters. The minimum absolute atomic E-state index is 0.0200. The van der Waals surface area contributed by atoms with Gasteiger partial charge in [0, 0.05) is 12.1 Å². The van der Waals surface area contributed by atoms with Gasteiger partial charge in [0.25, 0.3) is 5.69 Å². The maximum absolute atomic E-state index is 13.2. The molecular formula is C22H15N5O3S. The van der Waals surface area contributed by atoms with Gasteiger partial charge >= 0.3 is 0 Å². The number of non-ortho nitro benzene ring substituents is 1. The van der Waals surface area contributed by atoms with Gasteiger partial charge in [-0.3, -0.25) is 19.3 Å². The Bertz CT molecular complexity index is 1480. The molecule has 0 N–H and O–H groups in total. The second-order valence-electron chi connectivity index (χ2n) is 6.88. The van der Waals surface area contributed by atoms with Crippen molar-refractivity contribution in [3.63, 3.8) is 0 Å². The van der Waals surface area contributed by atoms with E-state index in [1.807, 2.05) is 47.0 Å². The first kappa shape index (κ1) is 18.9. The fraction of sp³-hybridized carbons (Fsp3) is 0.0455. The van der Waals surface area contributed by atoms with Crippen LogP contribution in [0.15, 0.2) is 71.1 Å². The van der Waals surface area contributed by atoms with E-state index in [9.17, 15) is 14.9 Å². The van der Waals surface area contributed by atoms with E-state index in [0.717, 1.165) is 11.0 Å². The Labute approximate surface area is 179 Å². The largest absolute Gasteiger partial charge is 0.286 e. The van der Waals surface area contributed by atoms with Gasteiger partial charge in [-0.25, -0.2) is 4.98 Å². The highest BCUT2D eigenvalue weighted by Crippen LogP contribution is 2.27. The third-order valence-electron chi connectivity index (χ3n) is 4.96. The van der Waals surface area contributed by atoms with E-state index in [0.29, 0.717) is 27.6 Å². The number of ketones is 1. The van der Waals surface area contributed by atoms with E-state index in [4.69, 9.17) is 0 Å². The number of hydrogen-bond acceptors (Lipinski definition) is 6. The van der Waals surface area contributed by atoms with Crippen molar-refractivity contribution >= 4 is 45.8 Å². The number of carbonyl (C=O) groups is 1. The molecule has 31 heavy (non-hydrogen) atoms. The molecule has 0 radical (unpaired) electrons. The van der Waals surface area contributed by atoms with E-state index in [1.54, 1.807) is 29.1 Å². The van der Waals surface area contributed by atoms with Crippen LogP contribution in [0.3, 0.4) is 0 Å². The summed E-state index contributed by atoms with van der Waals surface area (Å²) in [5.41, 5.74) is 3.48. The van der Waals surface area contributed by atoms with Gasteiger partial charge in [-0.2, -0.15) is 9.78 Å². The lowest BCUT2D eigenvalue weighted by Gasteiger charge is -2.00. The monoisotopic (exact) mass is 429 g/mol. The molecule has 3 heterocycles. The van der Waals surface area contributed by atoms with Crippen molar-refractivity contribution in [2.75, 3.05) is 0 Å². The number of imidazole rings is 2. The lowest BCUT2D eigenvalue weighted by Crippen LogP contribution is -2.04. The van der Waals surface area contributed by atoms with Gasteiger partial charge in [-0.1, -0.05) is 18.2 Å². The van der Waals surface area contributed by atoms with Crippen molar-refractivity contribution in [3.05, 3.63) is 98.0 Å². The molecule has 152 valence electrons. The highest BCUT2D eigenvalue weighted by molar-refractivity contribution is 7.12. The molecule has 0 aliphatic rings. The zero-order valence-electron chi connectivity index (χ0n) is 16.3. The Balaban J connectivity index is 1.67. The highest BCUT2D eigenvalue weighted by Gasteiger charge is 2.24. The molecule has 0 aliphatic carbocycles. The van der Waals surface area contributed by atoms with Gasteiger partial charge in [0.05, 0.1) is 32.7 Å². The predicted octanol–water partition coefficient (Wildman–Crippen LogP) is 4.68. The molecule has 8 nitrogen and oxygen atoms in total. The van der Waals surface area contributed by atoms with Crippen LogP contribution in [0.2, 0.25) is 0 Å². The molecule has 9 heteroatoms. The van der Waals surface area contributed by atoms with Crippen LogP contribution in [0.1, 0.15) is 26.6 Å². The fourth-order valence-electron chi connectivity index (χ4n) is 3.54. The van der Waals surface area contributed by atoms with Gasteiger partial charge < -0.3 is 0 Å². The van der Waals surface area contributed by atoms with Gasteiger partial charge in [0.15, 0.2) is 0 Å². The number of hydrogen-bond donors (Lipinski definition) is 0. The number of aryl methyl sites for hydroxylation is 1. The van der Waals surface area contributed by atoms with E-state index >= 15 is 0 Å². The Morgan fingerprint density at radius 3 is 2.52 bits per heavy atom. The molecular weight excluding hydrogens is 414 g/mol. The average molecular weight is 429 g/mol. The van der Waals surface area contributed by atoms with Crippen molar-refractivity contribution in [2.24, 2.45) is 5.10 Å². The summed E-state index contributed by atoms with van der Waals surface area (Å²) in [6.45, 7) is 1.81.